The molecule has 0 fully saturated rings. The van der Waals surface area contributed by atoms with Crippen LogP contribution in [0.4, 0.5) is 13.2 Å². The van der Waals surface area contributed by atoms with Crippen LogP contribution in [0, 0.1) is 5.92 Å². The van der Waals surface area contributed by atoms with Crippen LogP contribution in [0.5, 0.6) is 0 Å². The van der Waals surface area contributed by atoms with Gasteiger partial charge in [-0.2, -0.15) is 18.3 Å². The van der Waals surface area contributed by atoms with Gasteiger partial charge in [0.1, 0.15) is 0 Å². The number of nitrogens with one attached hydrogen (secondary N) is 1. The summed E-state index contributed by atoms with van der Waals surface area (Å²) in [5, 5.41) is 6.99. The number of alkyl halides is 3. The second-order valence-electron chi connectivity index (χ2n) is 6.52. The summed E-state index contributed by atoms with van der Waals surface area (Å²) in [6, 6.07) is 2.20. The molecule has 0 aliphatic rings. The molecular weight excluding hydrogens is 333 g/mol. The molecule has 0 saturated carbocycles. The van der Waals surface area contributed by atoms with E-state index in [9.17, 15) is 18.0 Å². The molecule has 0 aromatic carbocycles. The zero-order valence-electron chi connectivity index (χ0n) is 14.6. The molecule has 2 heterocycles. The van der Waals surface area contributed by atoms with E-state index in [1.807, 2.05) is 27.7 Å². The van der Waals surface area contributed by atoms with Gasteiger partial charge in [0.2, 0.25) is 0 Å². The van der Waals surface area contributed by atoms with E-state index in [2.05, 4.69) is 15.4 Å². The molecule has 136 valence electrons. The van der Waals surface area contributed by atoms with Gasteiger partial charge in [-0.3, -0.25) is 4.79 Å². The molecule has 0 unspecified atom stereocenters. The molecule has 1 N–H and O–H groups in total. The highest BCUT2D eigenvalue weighted by Crippen LogP contribution is 2.29. The Bertz CT molecular complexity index is 733. The standard InChI is InChI=1S/C17H21F3N4O/c1-10(2)7-22-16(25)13-9-23-24(15(13)11(3)4)14-6-5-12(8-21-14)17(18,19)20/h5-6,8-11H,7H2,1-4H3,(H,22,25). The van der Waals surface area contributed by atoms with Crippen LogP contribution in [0.25, 0.3) is 5.82 Å². The Hall–Kier alpha value is -2.38. The van der Waals surface area contributed by atoms with E-state index < -0.39 is 11.7 Å². The number of hydrogen-bond donors (Lipinski definition) is 1. The molecule has 0 aliphatic heterocycles. The van der Waals surface area contributed by atoms with Crippen molar-refractivity contribution in [3.05, 3.63) is 41.3 Å². The largest absolute Gasteiger partial charge is 0.417 e. The molecular formula is C17H21F3N4O. The number of halogens is 3. The van der Waals surface area contributed by atoms with E-state index in [1.54, 1.807) is 0 Å². The molecule has 25 heavy (non-hydrogen) atoms. The molecule has 0 aliphatic carbocycles. The number of hydrogen-bond acceptors (Lipinski definition) is 3. The van der Waals surface area contributed by atoms with Crippen molar-refractivity contribution in [3.8, 4) is 5.82 Å². The van der Waals surface area contributed by atoms with Crippen molar-refractivity contribution in [1.29, 1.82) is 0 Å². The van der Waals surface area contributed by atoms with E-state index in [1.165, 1.54) is 16.9 Å². The fourth-order valence-electron chi connectivity index (χ4n) is 2.34. The Morgan fingerprint density at radius 2 is 1.88 bits per heavy atom. The monoisotopic (exact) mass is 354 g/mol. The van der Waals surface area contributed by atoms with E-state index in [0.29, 0.717) is 23.7 Å². The lowest BCUT2D eigenvalue weighted by atomic mass is 10.1. The van der Waals surface area contributed by atoms with E-state index in [4.69, 9.17) is 0 Å². The Labute approximate surface area is 144 Å². The molecule has 5 nitrogen and oxygen atoms in total. The minimum atomic E-state index is -4.45. The molecule has 2 rings (SSSR count). The minimum absolute atomic E-state index is 0.0635. The number of rotatable bonds is 5. The van der Waals surface area contributed by atoms with Crippen LogP contribution in [0.15, 0.2) is 24.5 Å². The average Bonchev–Trinajstić information content (AvgIpc) is 2.97. The highest BCUT2D eigenvalue weighted by atomic mass is 19.4. The topological polar surface area (TPSA) is 59.8 Å². The van der Waals surface area contributed by atoms with Crippen molar-refractivity contribution in [2.24, 2.45) is 5.92 Å². The van der Waals surface area contributed by atoms with Crippen molar-refractivity contribution in [2.75, 3.05) is 6.54 Å². The Morgan fingerprint density at radius 1 is 1.20 bits per heavy atom. The van der Waals surface area contributed by atoms with Gasteiger partial charge >= 0.3 is 6.18 Å². The summed E-state index contributed by atoms with van der Waals surface area (Å²) >= 11 is 0. The third kappa shape index (κ3) is 4.37. The normalized spacial score (nSPS) is 12.0. The number of amides is 1. The summed E-state index contributed by atoms with van der Waals surface area (Å²) in [6.45, 7) is 8.27. The first-order valence-electron chi connectivity index (χ1n) is 8.01. The van der Waals surface area contributed by atoms with Gasteiger partial charge in [-0.05, 0) is 24.0 Å². The van der Waals surface area contributed by atoms with Gasteiger partial charge in [0.25, 0.3) is 5.91 Å². The van der Waals surface area contributed by atoms with Crippen LogP contribution in [0.3, 0.4) is 0 Å². The van der Waals surface area contributed by atoms with E-state index in [0.717, 1.165) is 12.3 Å². The van der Waals surface area contributed by atoms with Gasteiger partial charge in [-0.1, -0.05) is 27.7 Å². The number of nitrogens with zero attached hydrogens (tertiary/aromatic N) is 3. The molecule has 1 amide bonds. The van der Waals surface area contributed by atoms with Crippen LogP contribution < -0.4 is 5.32 Å². The van der Waals surface area contributed by atoms with Gasteiger partial charge < -0.3 is 5.32 Å². The van der Waals surface area contributed by atoms with Crippen molar-refractivity contribution < 1.29 is 18.0 Å². The highest BCUT2D eigenvalue weighted by Gasteiger charge is 2.31. The number of carbonyl (C=O) groups is 1. The van der Waals surface area contributed by atoms with Gasteiger partial charge in [0.05, 0.1) is 23.0 Å². The maximum absolute atomic E-state index is 12.7. The lowest BCUT2D eigenvalue weighted by Gasteiger charge is -2.13. The molecule has 2 aromatic rings. The third-order valence-corrected chi connectivity index (χ3v) is 3.56. The first kappa shape index (κ1) is 19.0. The minimum Gasteiger partial charge on any atom is -0.352 e. The summed E-state index contributed by atoms with van der Waals surface area (Å²) in [4.78, 5) is 16.2. The van der Waals surface area contributed by atoms with E-state index >= 15 is 0 Å². The predicted octanol–water partition coefficient (Wildman–Crippen LogP) is 3.80. The first-order valence-corrected chi connectivity index (χ1v) is 8.01. The molecule has 0 spiro atoms. The van der Waals surface area contributed by atoms with Crippen LogP contribution in [0.1, 0.15) is 55.2 Å². The van der Waals surface area contributed by atoms with Gasteiger partial charge in [0, 0.05) is 12.7 Å². The number of carbonyl (C=O) groups excluding carboxylic acids is 1. The van der Waals surface area contributed by atoms with Crippen LogP contribution in [-0.4, -0.2) is 27.2 Å². The Kier molecular flexibility index (Phi) is 5.49. The summed E-state index contributed by atoms with van der Waals surface area (Å²) < 4.78 is 39.4. The lowest BCUT2D eigenvalue weighted by molar-refractivity contribution is -0.137. The van der Waals surface area contributed by atoms with Crippen molar-refractivity contribution in [3.63, 3.8) is 0 Å². The fourth-order valence-corrected chi connectivity index (χ4v) is 2.34. The van der Waals surface area contributed by atoms with Gasteiger partial charge in [0.15, 0.2) is 5.82 Å². The average molecular weight is 354 g/mol. The number of pyridine rings is 1. The fraction of sp³-hybridized carbons (Fsp3) is 0.471. The quantitative estimate of drug-likeness (QED) is 0.889. The molecule has 8 heteroatoms. The summed E-state index contributed by atoms with van der Waals surface area (Å²) in [6.07, 6.45) is -2.26. The smallest absolute Gasteiger partial charge is 0.352 e. The zero-order valence-corrected chi connectivity index (χ0v) is 14.6. The van der Waals surface area contributed by atoms with Crippen molar-refractivity contribution in [2.45, 2.75) is 39.8 Å². The lowest BCUT2D eigenvalue weighted by Crippen LogP contribution is -2.28. The maximum atomic E-state index is 12.7. The Morgan fingerprint density at radius 3 is 2.36 bits per heavy atom. The van der Waals surface area contributed by atoms with Crippen LogP contribution in [-0.2, 0) is 6.18 Å². The number of aromatic nitrogens is 3. The molecule has 0 saturated heterocycles. The molecule has 0 atom stereocenters. The second kappa shape index (κ2) is 7.25. The Balaban J connectivity index is 2.37. The van der Waals surface area contributed by atoms with E-state index in [-0.39, 0.29) is 17.6 Å². The third-order valence-electron chi connectivity index (χ3n) is 3.56. The first-order chi connectivity index (χ1) is 11.6. The summed E-state index contributed by atoms with van der Waals surface area (Å²) in [7, 11) is 0. The van der Waals surface area contributed by atoms with Gasteiger partial charge in [-0.15, -0.1) is 0 Å². The summed E-state index contributed by atoms with van der Waals surface area (Å²) in [5.41, 5.74) is 0.176. The molecule has 0 bridgehead atoms. The van der Waals surface area contributed by atoms with Crippen LogP contribution in [0.2, 0.25) is 0 Å². The highest BCUT2D eigenvalue weighted by molar-refractivity contribution is 5.95. The van der Waals surface area contributed by atoms with Gasteiger partial charge in [-0.25, -0.2) is 9.67 Å². The SMILES string of the molecule is CC(C)CNC(=O)c1cnn(-c2ccc(C(F)(F)F)cn2)c1C(C)C. The van der Waals surface area contributed by atoms with Crippen molar-refractivity contribution >= 4 is 5.91 Å². The summed E-state index contributed by atoms with van der Waals surface area (Å²) in [5.74, 6) is 0.222. The van der Waals surface area contributed by atoms with Crippen LogP contribution >= 0.6 is 0 Å². The van der Waals surface area contributed by atoms with Crippen molar-refractivity contribution in [1.82, 2.24) is 20.1 Å². The molecule has 2 aromatic heterocycles. The molecule has 0 radical (unpaired) electrons. The predicted molar refractivity (Wildman–Crippen MR) is 87.6 cm³/mol. The second-order valence-corrected chi connectivity index (χ2v) is 6.52. The maximum Gasteiger partial charge on any atom is 0.417 e. The zero-order chi connectivity index (χ0) is 18.8.